The molecule has 1 N–H and O–H groups in total. The first-order valence-corrected chi connectivity index (χ1v) is 10.2. The lowest BCUT2D eigenvalue weighted by Gasteiger charge is -2.32. The molecule has 2 heterocycles. The Kier molecular flexibility index (Phi) is 5.59. The third-order valence-corrected chi connectivity index (χ3v) is 5.65. The number of hydrogen-bond acceptors (Lipinski definition) is 4. The van der Waals surface area contributed by atoms with Gasteiger partial charge in [-0.25, -0.2) is 0 Å². The van der Waals surface area contributed by atoms with Crippen molar-refractivity contribution in [1.82, 2.24) is 10.2 Å². The molecule has 1 aromatic heterocycles. The van der Waals surface area contributed by atoms with Crippen LogP contribution in [-0.2, 0) is 6.54 Å². The van der Waals surface area contributed by atoms with Gasteiger partial charge in [0, 0.05) is 30.1 Å². The summed E-state index contributed by atoms with van der Waals surface area (Å²) in [7, 11) is 0. The number of carbonyl (C=O) groups is 1. The number of likely N-dealkylation sites (tertiary alicyclic amines) is 1. The minimum atomic E-state index is -0.361. The molecule has 0 saturated carbocycles. The van der Waals surface area contributed by atoms with E-state index in [1.54, 1.807) is 18.2 Å². The van der Waals surface area contributed by atoms with Gasteiger partial charge in [0.2, 0.25) is 5.43 Å². The third kappa shape index (κ3) is 4.18. The second-order valence-electron chi connectivity index (χ2n) is 7.13. The predicted molar refractivity (Wildman–Crippen MR) is 112 cm³/mol. The van der Waals surface area contributed by atoms with Crippen molar-refractivity contribution in [2.75, 3.05) is 13.1 Å². The molecular weight excluding hydrogens is 420 g/mol. The van der Waals surface area contributed by atoms with Crippen molar-refractivity contribution < 1.29 is 9.21 Å². The quantitative estimate of drug-likeness (QED) is 0.666. The molecule has 28 heavy (non-hydrogen) atoms. The Morgan fingerprint density at radius 3 is 2.64 bits per heavy atom. The average Bonchev–Trinajstić information content (AvgIpc) is 2.70. The van der Waals surface area contributed by atoms with Gasteiger partial charge in [-0.3, -0.25) is 14.5 Å². The molecule has 2 aromatic carbocycles. The van der Waals surface area contributed by atoms with E-state index >= 15 is 0 Å². The molecule has 0 radical (unpaired) electrons. The van der Waals surface area contributed by atoms with E-state index in [4.69, 9.17) is 4.42 Å². The molecule has 6 heteroatoms. The predicted octanol–water partition coefficient (Wildman–Crippen LogP) is 3.95. The summed E-state index contributed by atoms with van der Waals surface area (Å²) in [6.45, 7) is 2.76. The van der Waals surface area contributed by atoms with E-state index in [1.165, 1.54) is 11.8 Å². The molecule has 5 nitrogen and oxygen atoms in total. The summed E-state index contributed by atoms with van der Waals surface area (Å²) in [6, 6.07) is 15.6. The molecule has 0 unspecified atom stereocenters. The van der Waals surface area contributed by atoms with Crippen molar-refractivity contribution in [3.05, 3.63) is 80.6 Å². The van der Waals surface area contributed by atoms with Crippen molar-refractivity contribution >= 4 is 32.8 Å². The van der Waals surface area contributed by atoms with E-state index in [1.807, 2.05) is 6.07 Å². The fourth-order valence-corrected chi connectivity index (χ4v) is 3.94. The summed E-state index contributed by atoms with van der Waals surface area (Å²) in [5.74, 6) is -0.361. The number of hydrogen-bond donors (Lipinski definition) is 1. The van der Waals surface area contributed by atoms with E-state index in [0.29, 0.717) is 11.0 Å². The van der Waals surface area contributed by atoms with Gasteiger partial charge in [0.25, 0.3) is 5.91 Å². The lowest BCUT2D eigenvalue weighted by Crippen LogP contribution is -2.45. The maximum absolute atomic E-state index is 12.6. The highest BCUT2D eigenvalue weighted by Gasteiger charge is 2.23. The van der Waals surface area contributed by atoms with E-state index in [-0.39, 0.29) is 22.9 Å². The number of fused-ring (bicyclic) bond motifs is 1. The molecular formula is C22H21BrN2O3. The molecule has 1 aliphatic rings. The Morgan fingerprint density at radius 2 is 1.89 bits per heavy atom. The van der Waals surface area contributed by atoms with Crippen molar-refractivity contribution in [2.45, 2.75) is 25.4 Å². The summed E-state index contributed by atoms with van der Waals surface area (Å²) in [4.78, 5) is 27.6. The summed E-state index contributed by atoms with van der Waals surface area (Å²) >= 11 is 3.35. The van der Waals surface area contributed by atoms with Crippen LogP contribution in [0.3, 0.4) is 0 Å². The maximum Gasteiger partial charge on any atom is 0.258 e. The molecule has 1 aliphatic heterocycles. The van der Waals surface area contributed by atoms with Crippen LogP contribution in [0.1, 0.15) is 28.8 Å². The van der Waals surface area contributed by atoms with Crippen LogP contribution >= 0.6 is 15.9 Å². The molecule has 3 aromatic rings. The number of amides is 1. The molecule has 0 aliphatic carbocycles. The number of piperidine rings is 1. The first kappa shape index (κ1) is 18.9. The summed E-state index contributed by atoms with van der Waals surface area (Å²) in [5, 5.41) is 3.41. The van der Waals surface area contributed by atoms with Gasteiger partial charge in [-0.2, -0.15) is 0 Å². The molecule has 1 amide bonds. The Morgan fingerprint density at radius 1 is 1.14 bits per heavy atom. The van der Waals surface area contributed by atoms with Crippen LogP contribution < -0.4 is 10.7 Å². The van der Waals surface area contributed by atoms with Gasteiger partial charge in [-0.1, -0.05) is 46.3 Å². The summed E-state index contributed by atoms with van der Waals surface area (Å²) in [5.41, 5.74) is 1.52. The molecule has 0 atom stereocenters. The molecule has 144 valence electrons. The van der Waals surface area contributed by atoms with Crippen LogP contribution in [-0.4, -0.2) is 29.9 Å². The first-order chi connectivity index (χ1) is 13.6. The monoisotopic (exact) mass is 440 g/mol. The Balaban J connectivity index is 1.38. The second kappa shape index (κ2) is 8.29. The van der Waals surface area contributed by atoms with Gasteiger partial charge in [0.1, 0.15) is 17.4 Å². The number of carbonyl (C=O) groups excluding carboxylic acids is 1. The van der Waals surface area contributed by atoms with Gasteiger partial charge >= 0.3 is 0 Å². The van der Waals surface area contributed by atoms with Crippen LogP contribution in [0.2, 0.25) is 0 Å². The van der Waals surface area contributed by atoms with Crippen molar-refractivity contribution in [2.24, 2.45) is 0 Å². The van der Waals surface area contributed by atoms with E-state index in [2.05, 4.69) is 50.4 Å². The van der Waals surface area contributed by atoms with E-state index in [0.717, 1.165) is 36.9 Å². The first-order valence-electron chi connectivity index (χ1n) is 9.38. The van der Waals surface area contributed by atoms with Gasteiger partial charge in [-0.05, 0) is 36.6 Å². The number of rotatable bonds is 4. The summed E-state index contributed by atoms with van der Waals surface area (Å²) in [6.07, 6.45) is 2.99. The average molecular weight is 441 g/mol. The summed E-state index contributed by atoms with van der Waals surface area (Å²) < 4.78 is 6.32. The van der Waals surface area contributed by atoms with Gasteiger partial charge < -0.3 is 9.73 Å². The third-order valence-electron chi connectivity index (χ3n) is 5.15. The fraction of sp³-hybridized carbons (Fsp3) is 0.273. The van der Waals surface area contributed by atoms with Gasteiger partial charge in [-0.15, -0.1) is 0 Å². The van der Waals surface area contributed by atoms with Crippen LogP contribution in [0.5, 0.6) is 0 Å². The van der Waals surface area contributed by atoms with E-state index < -0.39 is 0 Å². The molecule has 1 saturated heterocycles. The second-order valence-corrected chi connectivity index (χ2v) is 8.04. The minimum Gasteiger partial charge on any atom is -0.463 e. The van der Waals surface area contributed by atoms with E-state index in [9.17, 15) is 9.59 Å². The van der Waals surface area contributed by atoms with Crippen LogP contribution in [0, 0.1) is 0 Å². The van der Waals surface area contributed by atoms with Gasteiger partial charge in [0.05, 0.1) is 5.39 Å². The van der Waals surface area contributed by atoms with Crippen LogP contribution in [0.4, 0.5) is 0 Å². The number of nitrogens with zero attached hydrogens (tertiary/aromatic N) is 1. The normalized spacial score (nSPS) is 15.6. The largest absolute Gasteiger partial charge is 0.463 e. The Bertz CT molecular complexity index is 1040. The van der Waals surface area contributed by atoms with Crippen molar-refractivity contribution in [3.8, 4) is 0 Å². The highest BCUT2D eigenvalue weighted by molar-refractivity contribution is 9.10. The number of halogens is 1. The molecule has 4 rings (SSSR count). The van der Waals surface area contributed by atoms with Crippen LogP contribution in [0.15, 0.2) is 68.5 Å². The molecule has 1 fully saturated rings. The van der Waals surface area contributed by atoms with Crippen molar-refractivity contribution in [3.63, 3.8) is 0 Å². The molecule has 0 bridgehead atoms. The minimum absolute atomic E-state index is 0.0570. The number of nitrogens with one attached hydrogen (secondary N) is 1. The number of benzene rings is 2. The van der Waals surface area contributed by atoms with Crippen LogP contribution in [0.25, 0.3) is 11.0 Å². The fourth-order valence-electron chi connectivity index (χ4n) is 3.60. The molecule has 0 spiro atoms. The highest BCUT2D eigenvalue weighted by atomic mass is 79.9. The Labute approximate surface area is 171 Å². The highest BCUT2D eigenvalue weighted by Crippen LogP contribution is 2.18. The standard InChI is InChI=1S/C22H21BrN2O3/c23-16-6-7-18-20(12-16)28-14-19(21(18)26)22(27)24-17-8-10-25(11-9-17)13-15-4-2-1-3-5-15/h1-7,12,14,17H,8-11,13H2,(H,24,27). The smallest absolute Gasteiger partial charge is 0.258 e. The zero-order valence-corrected chi connectivity index (χ0v) is 16.9. The van der Waals surface area contributed by atoms with Gasteiger partial charge in [0.15, 0.2) is 0 Å². The zero-order chi connectivity index (χ0) is 19.5. The SMILES string of the molecule is O=C(NC1CCN(Cc2ccccc2)CC1)c1coc2cc(Br)ccc2c1=O. The lowest BCUT2D eigenvalue weighted by molar-refractivity contribution is 0.0906. The Hall–Kier alpha value is -2.44. The zero-order valence-electron chi connectivity index (χ0n) is 15.4. The lowest BCUT2D eigenvalue weighted by atomic mass is 10.0. The van der Waals surface area contributed by atoms with Crippen molar-refractivity contribution in [1.29, 1.82) is 0 Å². The topological polar surface area (TPSA) is 62.6 Å². The maximum atomic E-state index is 12.6.